The van der Waals surface area contributed by atoms with E-state index in [4.69, 9.17) is 10.5 Å². The Labute approximate surface area is 109 Å². The van der Waals surface area contributed by atoms with Crippen molar-refractivity contribution in [2.75, 3.05) is 31.2 Å². The Hall–Kier alpha value is -1.39. The Morgan fingerprint density at radius 3 is 2.83 bits per heavy atom. The second-order valence-corrected chi connectivity index (χ2v) is 4.16. The lowest BCUT2D eigenvalue weighted by Gasteiger charge is -2.23. The van der Waals surface area contributed by atoms with E-state index in [9.17, 15) is 4.79 Å². The zero-order valence-corrected chi connectivity index (χ0v) is 11.2. The molecule has 1 aromatic carbocycles. The van der Waals surface area contributed by atoms with Crippen molar-refractivity contribution in [1.29, 1.82) is 0 Å². The zero-order chi connectivity index (χ0) is 13.4. The van der Waals surface area contributed by atoms with Crippen molar-refractivity contribution in [3.8, 4) is 0 Å². The molecule has 0 atom stereocenters. The molecule has 4 nitrogen and oxygen atoms in total. The van der Waals surface area contributed by atoms with Gasteiger partial charge >= 0.3 is 0 Å². The van der Waals surface area contributed by atoms with E-state index >= 15 is 0 Å². The molecule has 4 heteroatoms. The number of carbonyl (C=O) groups is 1. The highest BCUT2D eigenvalue weighted by atomic mass is 16.5. The molecular weight excluding hydrogens is 228 g/mol. The molecule has 0 bridgehead atoms. The van der Waals surface area contributed by atoms with E-state index in [1.54, 1.807) is 4.90 Å². The highest BCUT2D eigenvalue weighted by molar-refractivity contribution is 5.94. The number of hydrogen-bond donors (Lipinski definition) is 1. The summed E-state index contributed by atoms with van der Waals surface area (Å²) in [4.78, 5) is 13.8. The molecule has 1 rings (SSSR count). The Balaban J connectivity index is 2.80. The smallest absolute Gasteiger partial charge is 0.252 e. The number of aryl methyl sites for hydroxylation is 1. The van der Waals surface area contributed by atoms with Crippen molar-refractivity contribution < 1.29 is 9.53 Å². The summed E-state index contributed by atoms with van der Waals surface area (Å²) in [5, 5.41) is 0. The third kappa shape index (κ3) is 4.47. The highest BCUT2D eigenvalue weighted by Gasteiger charge is 2.15. The van der Waals surface area contributed by atoms with Crippen LogP contribution in [0, 0.1) is 6.92 Å². The van der Waals surface area contributed by atoms with Crippen LogP contribution in [0.5, 0.6) is 0 Å². The first-order valence-electron chi connectivity index (χ1n) is 6.34. The average molecular weight is 250 g/mol. The number of amides is 1. The molecule has 0 saturated carbocycles. The summed E-state index contributed by atoms with van der Waals surface area (Å²) in [5.41, 5.74) is 7.56. The molecule has 1 amide bonds. The van der Waals surface area contributed by atoms with E-state index in [1.807, 2.05) is 38.1 Å². The SMILES string of the molecule is CCOCC(=O)N(CCCN)c1cccc(C)c1. The summed E-state index contributed by atoms with van der Waals surface area (Å²) in [7, 11) is 0. The fourth-order valence-electron chi connectivity index (χ4n) is 1.71. The lowest BCUT2D eigenvalue weighted by Crippen LogP contribution is -2.35. The van der Waals surface area contributed by atoms with Crippen molar-refractivity contribution in [2.45, 2.75) is 20.3 Å². The van der Waals surface area contributed by atoms with Gasteiger partial charge in [-0.3, -0.25) is 4.79 Å². The normalized spacial score (nSPS) is 10.4. The van der Waals surface area contributed by atoms with Crippen LogP contribution in [0.4, 0.5) is 5.69 Å². The number of nitrogens with zero attached hydrogens (tertiary/aromatic N) is 1. The van der Waals surface area contributed by atoms with E-state index in [1.165, 1.54) is 0 Å². The van der Waals surface area contributed by atoms with Crippen LogP contribution in [0.25, 0.3) is 0 Å². The summed E-state index contributed by atoms with van der Waals surface area (Å²) in [6, 6.07) is 7.90. The van der Waals surface area contributed by atoms with Crippen molar-refractivity contribution in [2.24, 2.45) is 5.73 Å². The van der Waals surface area contributed by atoms with E-state index in [2.05, 4.69) is 0 Å². The van der Waals surface area contributed by atoms with Gasteiger partial charge in [-0.15, -0.1) is 0 Å². The first-order valence-corrected chi connectivity index (χ1v) is 6.34. The summed E-state index contributed by atoms with van der Waals surface area (Å²) in [6.07, 6.45) is 0.784. The molecule has 0 unspecified atom stereocenters. The summed E-state index contributed by atoms with van der Waals surface area (Å²) in [5.74, 6) is -0.0177. The molecule has 0 aliphatic carbocycles. The van der Waals surface area contributed by atoms with Gasteiger partial charge in [-0.25, -0.2) is 0 Å². The molecule has 0 spiro atoms. The number of anilines is 1. The Morgan fingerprint density at radius 2 is 2.22 bits per heavy atom. The van der Waals surface area contributed by atoms with E-state index in [0.29, 0.717) is 19.7 Å². The summed E-state index contributed by atoms with van der Waals surface area (Å²) >= 11 is 0. The minimum Gasteiger partial charge on any atom is -0.372 e. The van der Waals surface area contributed by atoms with Gasteiger partial charge in [-0.1, -0.05) is 12.1 Å². The van der Waals surface area contributed by atoms with Gasteiger partial charge in [0.15, 0.2) is 0 Å². The molecule has 100 valence electrons. The second kappa shape index (κ2) is 7.84. The van der Waals surface area contributed by atoms with Gasteiger partial charge in [0.05, 0.1) is 0 Å². The lowest BCUT2D eigenvalue weighted by atomic mass is 10.2. The van der Waals surface area contributed by atoms with Crippen LogP contribution < -0.4 is 10.6 Å². The van der Waals surface area contributed by atoms with Crippen LogP contribution >= 0.6 is 0 Å². The standard InChI is InChI=1S/C14H22N2O2/c1-3-18-11-14(17)16(9-5-8-15)13-7-4-6-12(2)10-13/h4,6-7,10H,3,5,8-9,11,15H2,1-2H3. The maximum Gasteiger partial charge on any atom is 0.252 e. The molecule has 0 radical (unpaired) electrons. The van der Waals surface area contributed by atoms with Crippen molar-refractivity contribution in [3.63, 3.8) is 0 Å². The van der Waals surface area contributed by atoms with E-state index < -0.39 is 0 Å². The number of carbonyl (C=O) groups excluding carboxylic acids is 1. The first kappa shape index (κ1) is 14.7. The number of nitrogens with two attached hydrogens (primary N) is 1. The molecule has 1 aromatic rings. The van der Waals surface area contributed by atoms with Gasteiger partial charge in [-0.05, 0) is 44.5 Å². The number of hydrogen-bond acceptors (Lipinski definition) is 3. The third-order valence-corrected chi connectivity index (χ3v) is 2.63. The van der Waals surface area contributed by atoms with Crippen LogP contribution in [0.15, 0.2) is 24.3 Å². The van der Waals surface area contributed by atoms with Gasteiger partial charge in [0.25, 0.3) is 5.91 Å². The molecule has 0 aliphatic heterocycles. The lowest BCUT2D eigenvalue weighted by molar-refractivity contribution is -0.122. The monoisotopic (exact) mass is 250 g/mol. The molecule has 2 N–H and O–H groups in total. The topological polar surface area (TPSA) is 55.6 Å². The maximum absolute atomic E-state index is 12.1. The molecule has 0 saturated heterocycles. The van der Waals surface area contributed by atoms with Crippen LogP contribution in [0.3, 0.4) is 0 Å². The minimum atomic E-state index is -0.0177. The summed E-state index contributed by atoms with van der Waals surface area (Å²) in [6.45, 7) is 5.76. The quantitative estimate of drug-likeness (QED) is 0.801. The van der Waals surface area contributed by atoms with Gasteiger partial charge in [0.2, 0.25) is 0 Å². The van der Waals surface area contributed by atoms with Crippen molar-refractivity contribution in [3.05, 3.63) is 29.8 Å². The predicted octanol–water partition coefficient (Wildman–Crippen LogP) is 1.71. The van der Waals surface area contributed by atoms with Gasteiger partial charge < -0.3 is 15.4 Å². The molecule has 18 heavy (non-hydrogen) atoms. The highest BCUT2D eigenvalue weighted by Crippen LogP contribution is 2.16. The summed E-state index contributed by atoms with van der Waals surface area (Å²) < 4.78 is 5.19. The van der Waals surface area contributed by atoms with Crippen LogP contribution in [0.1, 0.15) is 18.9 Å². The first-order chi connectivity index (χ1) is 8.69. The molecule has 0 aromatic heterocycles. The number of benzene rings is 1. The minimum absolute atomic E-state index is 0.0177. The second-order valence-electron chi connectivity index (χ2n) is 4.16. The van der Waals surface area contributed by atoms with Crippen molar-refractivity contribution >= 4 is 11.6 Å². The van der Waals surface area contributed by atoms with Crippen LogP contribution in [0.2, 0.25) is 0 Å². The van der Waals surface area contributed by atoms with Crippen molar-refractivity contribution in [1.82, 2.24) is 0 Å². The zero-order valence-electron chi connectivity index (χ0n) is 11.2. The van der Waals surface area contributed by atoms with Gasteiger partial charge in [0.1, 0.15) is 6.61 Å². The maximum atomic E-state index is 12.1. The average Bonchev–Trinajstić information content (AvgIpc) is 2.37. The molecule has 0 fully saturated rings. The van der Waals surface area contributed by atoms with Gasteiger partial charge in [0, 0.05) is 18.8 Å². The predicted molar refractivity (Wildman–Crippen MR) is 73.7 cm³/mol. The fraction of sp³-hybridized carbons (Fsp3) is 0.500. The Morgan fingerprint density at radius 1 is 1.44 bits per heavy atom. The molecule has 0 heterocycles. The largest absolute Gasteiger partial charge is 0.372 e. The number of rotatable bonds is 7. The third-order valence-electron chi connectivity index (χ3n) is 2.63. The van der Waals surface area contributed by atoms with Gasteiger partial charge in [-0.2, -0.15) is 0 Å². The Kier molecular flexibility index (Phi) is 6.39. The molecular formula is C14H22N2O2. The number of ether oxygens (including phenoxy) is 1. The van der Waals surface area contributed by atoms with Crippen LogP contribution in [-0.2, 0) is 9.53 Å². The Bertz CT molecular complexity index is 380. The molecule has 0 aliphatic rings. The van der Waals surface area contributed by atoms with E-state index in [0.717, 1.165) is 17.7 Å². The van der Waals surface area contributed by atoms with Crippen LogP contribution in [-0.4, -0.2) is 32.2 Å². The van der Waals surface area contributed by atoms with E-state index in [-0.39, 0.29) is 12.5 Å². The fourth-order valence-corrected chi connectivity index (χ4v) is 1.71.